The number of carbonyl (C=O) groups excluding carboxylic acids is 2. The van der Waals surface area contributed by atoms with Crippen LogP contribution in [-0.2, 0) is 14.0 Å². The Bertz CT molecular complexity index is 659. The quantitative estimate of drug-likeness (QED) is 0.135. The first kappa shape index (κ1) is 21.6. The second-order valence-corrected chi connectivity index (χ2v) is 7.02. The fourth-order valence-corrected chi connectivity index (χ4v) is 3.39. The van der Waals surface area contributed by atoms with Crippen molar-refractivity contribution in [3.05, 3.63) is 35.4 Å². The molecule has 0 spiro atoms. The molecule has 0 saturated heterocycles. The molecule has 1 aliphatic rings. The van der Waals surface area contributed by atoms with Crippen molar-refractivity contribution in [2.75, 3.05) is 12.3 Å². The summed E-state index contributed by atoms with van der Waals surface area (Å²) in [4.78, 5) is 25.5. The molecule has 10 heteroatoms. The third kappa shape index (κ3) is 6.14. The van der Waals surface area contributed by atoms with Gasteiger partial charge in [0.2, 0.25) is 10.4 Å². The van der Waals surface area contributed by atoms with Crippen LogP contribution in [0.3, 0.4) is 0 Å². The third-order valence-electron chi connectivity index (χ3n) is 3.37. The van der Waals surface area contributed by atoms with Crippen LogP contribution in [0.25, 0.3) is 0 Å². The van der Waals surface area contributed by atoms with E-state index in [-0.39, 0.29) is 41.4 Å². The number of benzene rings is 1. The van der Waals surface area contributed by atoms with Gasteiger partial charge < -0.3 is 4.55 Å². The molecule has 2 amide bonds. The SMILES string of the molecule is O=C1c2ccccc2C(=O)N1CCCCCCSOS(=O)(=O)[O-].[Na+]. The van der Waals surface area contributed by atoms with Gasteiger partial charge in [-0.2, -0.15) is 0 Å². The van der Waals surface area contributed by atoms with Crippen LogP contribution in [0, 0.1) is 0 Å². The maximum atomic E-state index is 12.1. The molecule has 0 unspecified atom stereocenters. The summed E-state index contributed by atoms with van der Waals surface area (Å²) < 4.78 is 34.6. The van der Waals surface area contributed by atoms with Gasteiger partial charge in [-0.05, 0) is 25.0 Å². The average molecular weight is 381 g/mol. The predicted molar refractivity (Wildman–Crippen MR) is 83.5 cm³/mol. The van der Waals surface area contributed by atoms with Crippen LogP contribution < -0.4 is 29.6 Å². The van der Waals surface area contributed by atoms with Gasteiger partial charge in [0, 0.05) is 24.3 Å². The Labute approximate surface area is 167 Å². The summed E-state index contributed by atoms with van der Waals surface area (Å²) in [5, 5.41) is 0. The summed E-state index contributed by atoms with van der Waals surface area (Å²) in [5.41, 5.74) is 0.898. The molecule has 0 fully saturated rings. The number of hydrogen-bond donors (Lipinski definition) is 0. The number of imide groups is 1. The van der Waals surface area contributed by atoms with E-state index in [4.69, 9.17) is 0 Å². The maximum Gasteiger partial charge on any atom is 1.00 e. The molecule has 24 heavy (non-hydrogen) atoms. The molecule has 0 atom stereocenters. The summed E-state index contributed by atoms with van der Waals surface area (Å²) in [6, 6.07) is 6.76. The Balaban J connectivity index is 0.00000288. The Morgan fingerprint density at radius 3 is 2.08 bits per heavy atom. The number of nitrogens with zero attached hydrogens (tertiary/aromatic N) is 1. The summed E-state index contributed by atoms with van der Waals surface area (Å²) >= 11 is 0.617. The van der Waals surface area contributed by atoms with E-state index in [2.05, 4.69) is 3.63 Å². The van der Waals surface area contributed by atoms with Gasteiger partial charge in [-0.3, -0.25) is 14.5 Å². The number of fused-ring (bicyclic) bond motifs is 1. The first-order valence-electron chi connectivity index (χ1n) is 7.12. The van der Waals surface area contributed by atoms with Crippen LogP contribution in [0.1, 0.15) is 46.4 Å². The molecular weight excluding hydrogens is 365 g/mol. The fourth-order valence-electron chi connectivity index (χ4n) is 2.32. The summed E-state index contributed by atoms with van der Waals surface area (Å²) in [6.45, 7) is 0.366. The molecule has 0 saturated carbocycles. The molecule has 2 rings (SSSR count). The van der Waals surface area contributed by atoms with Crippen molar-refractivity contribution in [2.24, 2.45) is 0 Å². The molecule has 0 radical (unpaired) electrons. The van der Waals surface area contributed by atoms with E-state index in [1.165, 1.54) is 4.90 Å². The molecule has 1 aliphatic heterocycles. The Hall–Kier alpha value is -0.420. The van der Waals surface area contributed by atoms with E-state index in [9.17, 15) is 22.6 Å². The number of hydrogen-bond acceptors (Lipinski definition) is 7. The molecule has 7 nitrogen and oxygen atoms in total. The molecule has 0 bridgehead atoms. The normalized spacial score (nSPS) is 13.8. The minimum atomic E-state index is -4.64. The van der Waals surface area contributed by atoms with Crippen molar-refractivity contribution in [1.29, 1.82) is 0 Å². The first-order valence-corrected chi connectivity index (χ1v) is 9.37. The second-order valence-electron chi connectivity index (χ2n) is 5.02. The number of amides is 2. The van der Waals surface area contributed by atoms with Crippen molar-refractivity contribution < 1.29 is 55.7 Å². The zero-order valence-corrected chi connectivity index (χ0v) is 16.9. The van der Waals surface area contributed by atoms with Gasteiger partial charge in [0.05, 0.1) is 11.1 Å². The topological polar surface area (TPSA) is 104 Å². The van der Waals surface area contributed by atoms with Crippen LogP contribution in [-0.4, -0.2) is 42.0 Å². The van der Waals surface area contributed by atoms with Crippen LogP contribution >= 0.6 is 12.0 Å². The maximum absolute atomic E-state index is 12.1. The van der Waals surface area contributed by atoms with Crippen LogP contribution in [0.15, 0.2) is 24.3 Å². The van der Waals surface area contributed by atoms with Crippen LogP contribution in [0.5, 0.6) is 0 Å². The van der Waals surface area contributed by atoms with Crippen molar-refractivity contribution in [3.8, 4) is 0 Å². The fraction of sp³-hybridized carbons (Fsp3) is 0.429. The van der Waals surface area contributed by atoms with Gasteiger partial charge in [-0.25, -0.2) is 12.0 Å². The minimum absolute atomic E-state index is 0. The Morgan fingerprint density at radius 2 is 1.54 bits per heavy atom. The van der Waals surface area contributed by atoms with Gasteiger partial charge in [-0.1, -0.05) is 25.0 Å². The molecule has 126 valence electrons. The largest absolute Gasteiger partial charge is 1.00 e. The van der Waals surface area contributed by atoms with Gasteiger partial charge in [0.25, 0.3) is 11.8 Å². The second kappa shape index (κ2) is 9.91. The summed E-state index contributed by atoms with van der Waals surface area (Å²) in [7, 11) is -4.64. The molecule has 0 aromatic heterocycles. The summed E-state index contributed by atoms with van der Waals surface area (Å²) in [6.07, 6.45) is 2.94. The molecule has 1 aromatic rings. The van der Waals surface area contributed by atoms with Gasteiger partial charge >= 0.3 is 29.6 Å². The minimum Gasteiger partial charge on any atom is -0.725 e. The van der Waals surface area contributed by atoms with Crippen molar-refractivity contribution in [1.82, 2.24) is 4.90 Å². The van der Waals surface area contributed by atoms with E-state index in [0.29, 0.717) is 48.3 Å². The Kier molecular flexibility index (Phi) is 8.93. The zero-order chi connectivity index (χ0) is 16.9. The third-order valence-corrected chi connectivity index (χ3v) is 4.88. The molecule has 0 N–H and O–H groups in total. The number of rotatable bonds is 9. The monoisotopic (exact) mass is 381 g/mol. The average Bonchev–Trinajstić information content (AvgIpc) is 2.74. The summed E-state index contributed by atoms with van der Waals surface area (Å²) in [5.74, 6) is -0.112. The van der Waals surface area contributed by atoms with Crippen LogP contribution in [0.4, 0.5) is 0 Å². The van der Waals surface area contributed by atoms with E-state index < -0.39 is 10.4 Å². The molecule has 1 aromatic carbocycles. The molecule has 0 aliphatic carbocycles. The Morgan fingerprint density at radius 1 is 1.00 bits per heavy atom. The van der Waals surface area contributed by atoms with Crippen LogP contribution in [0.2, 0.25) is 0 Å². The van der Waals surface area contributed by atoms with Gasteiger partial charge in [-0.15, -0.1) is 0 Å². The zero-order valence-electron chi connectivity index (χ0n) is 13.3. The van der Waals surface area contributed by atoms with Crippen molar-refractivity contribution in [3.63, 3.8) is 0 Å². The van der Waals surface area contributed by atoms with E-state index in [0.717, 1.165) is 12.8 Å². The first-order chi connectivity index (χ1) is 10.9. The number of unbranched alkanes of at least 4 members (excludes halogenated alkanes) is 3. The molecule has 1 heterocycles. The van der Waals surface area contributed by atoms with Crippen molar-refractivity contribution in [2.45, 2.75) is 25.7 Å². The van der Waals surface area contributed by atoms with Crippen molar-refractivity contribution >= 4 is 34.3 Å². The smallest absolute Gasteiger partial charge is 0.725 e. The van der Waals surface area contributed by atoms with Gasteiger partial charge in [0.15, 0.2) is 0 Å². The number of carbonyl (C=O) groups is 2. The molecular formula is C14H16NNaO6S2. The van der Waals surface area contributed by atoms with E-state index in [1.54, 1.807) is 24.3 Å². The van der Waals surface area contributed by atoms with Gasteiger partial charge in [0.1, 0.15) is 0 Å². The standard InChI is InChI=1S/C14H17NO6S2.Na/c16-13-11-7-3-4-8-12(11)14(17)15(13)9-5-1-2-6-10-22-21-23(18,19)20;/h3-4,7-8H,1-2,5-6,9-10H2,(H,18,19,20);/q;+1/p-1. The van der Waals surface area contributed by atoms with E-state index >= 15 is 0 Å². The predicted octanol–water partition coefficient (Wildman–Crippen LogP) is -1.03. The van der Waals surface area contributed by atoms with E-state index in [1.807, 2.05) is 0 Å².